The van der Waals surface area contributed by atoms with Crippen molar-refractivity contribution in [2.24, 2.45) is 0 Å². The Labute approximate surface area is 94.3 Å². The van der Waals surface area contributed by atoms with Crippen molar-refractivity contribution in [3.63, 3.8) is 0 Å². The summed E-state index contributed by atoms with van der Waals surface area (Å²) in [6, 6.07) is -0.210. The normalized spacial score (nSPS) is 22.2. The molecule has 1 rings (SSSR count). The van der Waals surface area contributed by atoms with Crippen LogP contribution in [0.15, 0.2) is 0 Å². The molecule has 0 aliphatic carbocycles. The molecule has 16 heavy (non-hydrogen) atoms. The zero-order chi connectivity index (χ0) is 12.0. The lowest BCUT2D eigenvalue weighted by molar-refractivity contribution is -0.150. The van der Waals surface area contributed by atoms with Crippen LogP contribution >= 0.6 is 0 Å². The predicted octanol–water partition coefficient (Wildman–Crippen LogP) is -1.22. The largest absolute Gasteiger partial charge is 0.467 e. The lowest BCUT2D eigenvalue weighted by Gasteiger charge is -2.22. The molecule has 0 saturated carbocycles. The van der Waals surface area contributed by atoms with Crippen LogP contribution in [0.2, 0.25) is 0 Å². The lowest BCUT2D eigenvalue weighted by atomic mass is 10.0. The summed E-state index contributed by atoms with van der Waals surface area (Å²) in [4.78, 5) is 22.4. The summed E-state index contributed by atoms with van der Waals surface area (Å²) in [5, 5.41) is 14.8. The van der Waals surface area contributed by atoms with Gasteiger partial charge in [-0.1, -0.05) is 6.42 Å². The van der Waals surface area contributed by atoms with Gasteiger partial charge in [0, 0.05) is 0 Å². The Morgan fingerprint density at radius 1 is 1.56 bits per heavy atom. The van der Waals surface area contributed by atoms with E-state index < -0.39 is 12.1 Å². The van der Waals surface area contributed by atoms with E-state index in [1.807, 2.05) is 0 Å². The average Bonchev–Trinajstić information content (AvgIpc) is 2.35. The maximum Gasteiger partial charge on any atom is 0.336 e. The van der Waals surface area contributed by atoms with E-state index in [0.29, 0.717) is 0 Å². The lowest BCUT2D eigenvalue weighted by Crippen LogP contribution is -2.49. The van der Waals surface area contributed by atoms with E-state index in [-0.39, 0.29) is 18.5 Å². The Morgan fingerprint density at radius 3 is 2.88 bits per heavy atom. The van der Waals surface area contributed by atoms with Crippen molar-refractivity contribution in [2.75, 3.05) is 20.2 Å². The van der Waals surface area contributed by atoms with Crippen molar-refractivity contribution in [3.05, 3.63) is 0 Å². The summed E-state index contributed by atoms with van der Waals surface area (Å²) in [5.74, 6) is -0.917. The molecule has 1 aliphatic rings. The second-order valence-corrected chi connectivity index (χ2v) is 3.79. The molecule has 2 atom stereocenters. The molecule has 0 radical (unpaired) electrons. The van der Waals surface area contributed by atoms with Crippen molar-refractivity contribution in [1.82, 2.24) is 10.6 Å². The molecule has 0 aromatic rings. The fourth-order valence-electron chi connectivity index (χ4n) is 1.62. The minimum absolute atomic E-state index is 0.107. The minimum Gasteiger partial charge on any atom is -0.467 e. The van der Waals surface area contributed by atoms with E-state index in [9.17, 15) is 14.7 Å². The molecule has 0 aromatic heterocycles. The van der Waals surface area contributed by atoms with Crippen molar-refractivity contribution < 1.29 is 19.4 Å². The summed E-state index contributed by atoms with van der Waals surface area (Å²) in [7, 11) is 1.19. The van der Waals surface area contributed by atoms with Gasteiger partial charge in [-0.25, -0.2) is 4.79 Å². The van der Waals surface area contributed by atoms with E-state index in [2.05, 4.69) is 15.4 Å². The van der Waals surface area contributed by atoms with E-state index in [1.165, 1.54) is 7.11 Å². The van der Waals surface area contributed by atoms with E-state index >= 15 is 0 Å². The van der Waals surface area contributed by atoms with Gasteiger partial charge in [0.15, 0.2) is 6.10 Å². The number of ether oxygens (including phenoxy) is 1. The molecule has 3 N–H and O–H groups in total. The van der Waals surface area contributed by atoms with Crippen molar-refractivity contribution in [1.29, 1.82) is 0 Å². The fraction of sp³-hybridized carbons (Fsp3) is 0.800. The molecule has 0 bridgehead atoms. The van der Waals surface area contributed by atoms with E-state index in [0.717, 1.165) is 25.8 Å². The Hall–Kier alpha value is -1.14. The highest BCUT2D eigenvalue weighted by atomic mass is 16.5. The number of esters is 1. The smallest absolute Gasteiger partial charge is 0.336 e. The van der Waals surface area contributed by atoms with Gasteiger partial charge in [-0.05, 0) is 19.4 Å². The van der Waals surface area contributed by atoms with Crippen LogP contribution in [-0.2, 0) is 14.3 Å². The first-order valence-electron chi connectivity index (χ1n) is 5.42. The van der Waals surface area contributed by atoms with Crippen LogP contribution in [0.3, 0.4) is 0 Å². The molecule has 1 fully saturated rings. The minimum atomic E-state index is -1.29. The van der Waals surface area contributed by atoms with Gasteiger partial charge in [0.1, 0.15) is 0 Å². The maximum atomic E-state index is 11.6. The van der Waals surface area contributed by atoms with Gasteiger partial charge in [0.25, 0.3) is 0 Å². The topological polar surface area (TPSA) is 87.7 Å². The van der Waals surface area contributed by atoms with Gasteiger partial charge >= 0.3 is 5.97 Å². The quantitative estimate of drug-likeness (QED) is 0.527. The summed E-state index contributed by atoms with van der Waals surface area (Å²) in [5.41, 5.74) is 0. The van der Waals surface area contributed by atoms with Gasteiger partial charge < -0.3 is 20.5 Å². The highest BCUT2D eigenvalue weighted by Crippen LogP contribution is 2.06. The van der Waals surface area contributed by atoms with E-state index in [1.54, 1.807) is 0 Å². The molecule has 1 amide bonds. The summed E-state index contributed by atoms with van der Waals surface area (Å²) < 4.78 is 4.33. The Bertz CT molecular complexity index is 251. The van der Waals surface area contributed by atoms with Crippen molar-refractivity contribution in [2.45, 2.75) is 31.4 Å². The Morgan fingerprint density at radius 2 is 2.31 bits per heavy atom. The van der Waals surface area contributed by atoms with Crippen LogP contribution in [0, 0.1) is 0 Å². The Kier molecular flexibility index (Phi) is 5.21. The van der Waals surface area contributed by atoms with Gasteiger partial charge in [-0.3, -0.25) is 4.79 Å². The number of aliphatic hydroxyl groups excluding tert-OH is 1. The second-order valence-electron chi connectivity index (χ2n) is 3.79. The maximum absolute atomic E-state index is 11.6. The summed E-state index contributed by atoms with van der Waals surface area (Å²) >= 11 is 0. The third-order valence-corrected chi connectivity index (χ3v) is 2.57. The second kappa shape index (κ2) is 6.44. The molecule has 1 heterocycles. The molecule has 0 aromatic carbocycles. The zero-order valence-corrected chi connectivity index (χ0v) is 9.36. The zero-order valence-electron chi connectivity index (χ0n) is 9.36. The number of carbonyl (C=O) groups excluding carboxylic acids is 2. The predicted molar refractivity (Wildman–Crippen MR) is 56.7 cm³/mol. The molecule has 1 unspecified atom stereocenters. The molecule has 6 heteroatoms. The third-order valence-electron chi connectivity index (χ3n) is 2.57. The van der Waals surface area contributed by atoms with Gasteiger partial charge in [-0.15, -0.1) is 0 Å². The first-order valence-corrected chi connectivity index (χ1v) is 5.42. The highest BCUT2D eigenvalue weighted by Gasteiger charge is 2.22. The standard InChI is InChI=1S/C10H18N2O4/c1-16-10(15)8(13)6-12-9(14)7-4-2-3-5-11-7/h7-8,11,13H,2-6H2,1H3,(H,12,14)/t7-,8?/m0/s1. The van der Waals surface area contributed by atoms with Crippen molar-refractivity contribution in [3.8, 4) is 0 Å². The van der Waals surface area contributed by atoms with Crippen LogP contribution in [0.25, 0.3) is 0 Å². The molecular formula is C10H18N2O4. The van der Waals surface area contributed by atoms with Gasteiger partial charge in [0.2, 0.25) is 5.91 Å². The number of methoxy groups -OCH3 is 1. The number of nitrogens with one attached hydrogen (secondary N) is 2. The summed E-state index contributed by atoms with van der Waals surface area (Å²) in [6.07, 6.45) is 1.59. The molecule has 6 nitrogen and oxygen atoms in total. The number of aliphatic hydroxyl groups is 1. The molecule has 1 aliphatic heterocycles. The molecule has 0 spiro atoms. The summed E-state index contributed by atoms with van der Waals surface area (Å²) in [6.45, 7) is 0.724. The number of amides is 1. The molecular weight excluding hydrogens is 212 g/mol. The number of carbonyl (C=O) groups is 2. The first-order chi connectivity index (χ1) is 7.65. The average molecular weight is 230 g/mol. The van der Waals surface area contributed by atoms with Gasteiger partial charge in [-0.2, -0.15) is 0 Å². The number of hydrogen-bond acceptors (Lipinski definition) is 5. The third kappa shape index (κ3) is 3.79. The number of piperidine rings is 1. The van der Waals surface area contributed by atoms with E-state index in [4.69, 9.17) is 0 Å². The van der Waals surface area contributed by atoms with Crippen LogP contribution in [0.5, 0.6) is 0 Å². The van der Waals surface area contributed by atoms with Crippen LogP contribution < -0.4 is 10.6 Å². The monoisotopic (exact) mass is 230 g/mol. The Balaban J connectivity index is 2.26. The number of rotatable bonds is 4. The molecule has 92 valence electrons. The van der Waals surface area contributed by atoms with Gasteiger partial charge in [0.05, 0.1) is 19.7 Å². The van der Waals surface area contributed by atoms with Crippen molar-refractivity contribution >= 4 is 11.9 Å². The van der Waals surface area contributed by atoms with Crippen LogP contribution in [0.1, 0.15) is 19.3 Å². The van der Waals surface area contributed by atoms with Crippen LogP contribution in [-0.4, -0.2) is 49.3 Å². The SMILES string of the molecule is COC(=O)C(O)CNC(=O)[C@@H]1CCCCN1. The molecule has 1 saturated heterocycles. The number of hydrogen-bond donors (Lipinski definition) is 3. The fourth-order valence-corrected chi connectivity index (χ4v) is 1.62. The highest BCUT2D eigenvalue weighted by molar-refractivity contribution is 5.83. The van der Waals surface area contributed by atoms with Crippen LogP contribution in [0.4, 0.5) is 0 Å². The first kappa shape index (κ1) is 12.9.